The molecular formula is C18H17BrN2O. The molecule has 0 aliphatic carbocycles. The second-order valence-electron chi connectivity index (χ2n) is 5.56. The van der Waals surface area contributed by atoms with Crippen molar-refractivity contribution in [2.24, 2.45) is 0 Å². The highest BCUT2D eigenvalue weighted by atomic mass is 79.9. The van der Waals surface area contributed by atoms with Gasteiger partial charge in [0.1, 0.15) is 0 Å². The van der Waals surface area contributed by atoms with Gasteiger partial charge in [-0.3, -0.25) is 4.79 Å². The molecule has 1 aromatic heterocycles. The Morgan fingerprint density at radius 3 is 2.50 bits per heavy atom. The molecule has 112 valence electrons. The zero-order valence-electron chi connectivity index (χ0n) is 12.5. The van der Waals surface area contributed by atoms with Gasteiger partial charge in [0.15, 0.2) is 0 Å². The highest BCUT2D eigenvalue weighted by Crippen LogP contribution is 2.34. The largest absolute Gasteiger partial charge is 0.361 e. The maximum absolute atomic E-state index is 11.8. The normalized spacial score (nSPS) is 13.8. The van der Waals surface area contributed by atoms with Crippen molar-refractivity contribution in [1.29, 1.82) is 0 Å². The van der Waals surface area contributed by atoms with Crippen LogP contribution in [0.15, 0.2) is 59.2 Å². The van der Waals surface area contributed by atoms with Crippen LogP contribution in [0.2, 0.25) is 0 Å². The summed E-state index contributed by atoms with van der Waals surface area (Å²) >= 11 is 3.46. The number of hydrogen-bond acceptors (Lipinski definition) is 1. The minimum absolute atomic E-state index is 0.0595. The van der Waals surface area contributed by atoms with Crippen molar-refractivity contribution in [2.75, 3.05) is 0 Å². The van der Waals surface area contributed by atoms with E-state index in [1.54, 1.807) is 6.92 Å². The number of amides is 1. The summed E-state index contributed by atoms with van der Waals surface area (Å²) in [6.07, 6.45) is 1.97. The number of aromatic amines is 1. The molecule has 1 atom stereocenters. The number of hydrogen-bond donors (Lipinski definition) is 2. The number of para-hydroxylation sites is 1. The van der Waals surface area contributed by atoms with E-state index in [0.717, 1.165) is 26.5 Å². The molecule has 3 rings (SSSR count). The number of aromatic nitrogens is 1. The third kappa shape index (κ3) is 2.55. The standard InChI is InChI=1S/C18H17BrN2O/c1-12(22)21-18(2,13-7-9-14(19)10-8-13)16-11-20-17-6-4-3-5-15(16)17/h3-11,20H,1-2H3,(H,21,22)/t18-/m0/s1. The Morgan fingerprint density at radius 1 is 1.14 bits per heavy atom. The third-order valence-corrected chi connectivity index (χ3v) is 4.50. The van der Waals surface area contributed by atoms with E-state index in [-0.39, 0.29) is 5.91 Å². The van der Waals surface area contributed by atoms with E-state index < -0.39 is 5.54 Å². The van der Waals surface area contributed by atoms with Crippen molar-refractivity contribution in [3.63, 3.8) is 0 Å². The molecule has 0 fully saturated rings. The molecule has 0 spiro atoms. The molecule has 0 bridgehead atoms. The van der Waals surface area contributed by atoms with Crippen molar-refractivity contribution in [3.05, 3.63) is 70.3 Å². The van der Waals surface area contributed by atoms with Gasteiger partial charge in [-0.25, -0.2) is 0 Å². The second kappa shape index (κ2) is 5.61. The molecule has 0 aliphatic heterocycles. The van der Waals surface area contributed by atoms with Crippen LogP contribution >= 0.6 is 15.9 Å². The van der Waals surface area contributed by atoms with Crippen molar-refractivity contribution in [1.82, 2.24) is 10.3 Å². The number of rotatable bonds is 3. The Hall–Kier alpha value is -2.07. The molecule has 0 radical (unpaired) electrons. The topological polar surface area (TPSA) is 44.9 Å². The van der Waals surface area contributed by atoms with E-state index in [1.807, 2.05) is 55.6 Å². The second-order valence-corrected chi connectivity index (χ2v) is 6.48. The molecule has 1 amide bonds. The van der Waals surface area contributed by atoms with Crippen LogP contribution in [0, 0.1) is 0 Å². The lowest BCUT2D eigenvalue weighted by molar-refractivity contribution is -0.120. The molecule has 2 N–H and O–H groups in total. The fraction of sp³-hybridized carbons (Fsp3) is 0.167. The Labute approximate surface area is 137 Å². The van der Waals surface area contributed by atoms with Gasteiger partial charge in [0.05, 0.1) is 5.54 Å². The van der Waals surface area contributed by atoms with Gasteiger partial charge in [-0.05, 0) is 30.7 Å². The number of H-pyrrole nitrogens is 1. The smallest absolute Gasteiger partial charge is 0.217 e. The summed E-state index contributed by atoms with van der Waals surface area (Å²) in [5.41, 5.74) is 2.56. The van der Waals surface area contributed by atoms with Crippen LogP contribution in [0.25, 0.3) is 10.9 Å². The minimum Gasteiger partial charge on any atom is -0.361 e. The number of carbonyl (C=O) groups excluding carboxylic acids is 1. The summed E-state index contributed by atoms with van der Waals surface area (Å²) in [5.74, 6) is -0.0595. The number of halogens is 1. The van der Waals surface area contributed by atoms with Crippen LogP contribution in [0.5, 0.6) is 0 Å². The molecule has 0 unspecified atom stereocenters. The van der Waals surface area contributed by atoms with Gasteiger partial charge >= 0.3 is 0 Å². The van der Waals surface area contributed by atoms with Crippen LogP contribution < -0.4 is 5.32 Å². The first-order valence-corrected chi connectivity index (χ1v) is 7.91. The third-order valence-electron chi connectivity index (χ3n) is 3.98. The first-order valence-electron chi connectivity index (χ1n) is 7.12. The SMILES string of the molecule is CC(=O)N[C@@](C)(c1ccc(Br)cc1)c1c[nH]c2ccccc12. The summed E-state index contributed by atoms with van der Waals surface area (Å²) in [6.45, 7) is 3.58. The van der Waals surface area contributed by atoms with Crippen LogP contribution in [0.1, 0.15) is 25.0 Å². The summed E-state index contributed by atoms with van der Waals surface area (Å²) < 4.78 is 1.01. The van der Waals surface area contributed by atoms with Gasteiger partial charge in [-0.2, -0.15) is 0 Å². The van der Waals surface area contributed by atoms with Gasteiger partial charge in [0.25, 0.3) is 0 Å². The van der Waals surface area contributed by atoms with E-state index in [4.69, 9.17) is 0 Å². The predicted octanol–water partition coefficient (Wildman–Crippen LogP) is 4.33. The molecule has 0 saturated heterocycles. The molecule has 2 aromatic carbocycles. The summed E-state index contributed by atoms with van der Waals surface area (Å²) in [6, 6.07) is 16.2. The first-order chi connectivity index (χ1) is 10.5. The summed E-state index contributed by atoms with van der Waals surface area (Å²) in [4.78, 5) is 15.1. The minimum atomic E-state index is -0.591. The van der Waals surface area contributed by atoms with E-state index >= 15 is 0 Å². The fourth-order valence-corrected chi connectivity index (χ4v) is 3.18. The Bertz CT molecular complexity index is 822. The lowest BCUT2D eigenvalue weighted by Gasteiger charge is -2.31. The highest BCUT2D eigenvalue weighted by Gasteiger charge is 2.32. The number of nitrogens with one attached hydrogen (secondary N) is 2. The quantitative estimate of drug-likeness (QED) is 0.720. The lowest BCUT2D eigenvalue weighted by Crippen LogP contribution is -2.43. The molecule has 1 heterocycles. The molecule has 3 aromatic rings. The van der Waals surface area contributed by atoms with Gasteiger partial charge < -0.3 is 10.3 Å². The van der Waals surface area contributed by atoms with Gasteiger partial charge in [0, 0.05) is 34.1 Å². The van der Waals surface area contributed by atoms with E-state index in [1.165, 1.54) is 0 Å². The van der Waals surface area contributed by atoms with Gasteiger partial charge in [-0.1, -0.05) is 46.3 Å². The number of benzene rings is 2. The van der Waals surface area contributed by atoms with Crippen LogP contribution in [-0.4, -0.2) is 10.9 Å². The van der Waals surface area contributed by atoms with E-state index in [2.05, 4.69) is 32.3 Å². The van der Waals surface area contributed by atoms with Crippen molar-refractivity contribution in [2.45, 2.75) is 19.4 Å². The first kappa shape index (κ1) is 14.9. The lowest BCUT2D eigenvalue weighted by atomic mass is 9.84. The number of carbonyl (C=O) groups is 1. The van der Waals surface area contributed by atoms with Crippen LogP contribution in [0.4, 0.5) is 0 Å². The van der Waals surface area contributed by atoms with E-state index in [0.29, 0.717) is 0 Å². The Kier molecular flexibility index (Phi) is 3.79. The summed E-state index contributed by atoms with van der Waals surface area (Å²) in [7, 11) is 0. The zero-order valence-corrected chi connectivity index (χ0v) is 14.1. The maximum atomic E-state index is 11.8. The highest BCUT2D eigenvalue weighted by molar-refractivity contribution is 9.10. The van der Waals surface area contributed by atoms with Crippen molar-refractivity contribution >= 4 is 32.7 Å². The molecule has 22 heavy (non-hydrogen) atoms. The Morgan fingerprint density at radius 2 is 1.82 bits per heavy atom. The molecule has 0 aliphatic rings. The molecule has 0 saturated carbocycles. The summed E-state index contributed by atoms with van der Waals surface area (Å²) in [5, 5.41) is 4.22. The molecule has 3 nitrogen and oxygen atoms in total. The van der Waals surface area contributed by atoms with Crippen LogP contribution in [-0.2, 0) is 10.3 Å². The molecular weight excluding hydrogens is 340 g/mol. The van der Waals surface area contributed by atoms with Gasteiger partial charge in [-0.15, -0.1) is 0 Å². The predicted molar refractivity (Wildman–Crippen MR) is 92.7 cm³/mol. The zero-order chi connectivity index (χ0) is 15.7. The maximum Gasteiger partial charge on any atom is 0.217 e. The fourth-order valence-electron chi connectivity index (χ4n) is 2.92. The van der Waals surface area contributed by atoms with E-state index in [9.17, 15) is 4.79 Å². The number of fused-ring (bicyclic) bond motifs is 1. The van der Waals surface area contributed by atoms with Crippen LogP contribution in [0.3, 0.4) is 0 Å². The molecule has 4 heteroatoms. The van der Waals surface area contributed by atoms with Crippen molar-refractivity contribution in [3.8, 4) is 0 Å². The monoisotopic (exact) mass is 356 g/mol. The average molecular weight is 357 g/mol. The van der Waals surface area contributed by atoms with Crippen molar-refractivity contribution < 1.29 is 4.79 Å². The van der Waals surface area contributed by atoms with Gasteiger partial charge in [0.2, 0.25) is 5.91 Å². The Balaban J connectivity index is 2.21. The average Bonchev–Trinajstić information content (AvgIpc) is 2.91.